The van der Waals surface area contributed by atoms with Crippen molar-refractivity contribution in [3.63, 3.8) is 0 Å². The van der Waals surface area contributed by atoms with E-state index in [2.05, 4.69) is 123 Å². The SMILES string of the molecule is CCC1(CC)c2ccccc2-c2ccc(C#Cc3ccc4ccc5cccc6ccc3c4c56)cc21. The Kier molecular flexibility index (Phi) is 4.33. The summed E-state index contributed by atoms with van der Waals surface area (Å²) in [5.74, 6) is 7.07. The lowest BCUT2D eigenvalue weighted by Gasteiger charge is -2.29. The summed E-state index contributed by atoms with van der Waals surface area (Å²) in [5.41, 5.74) is 7.93. The van der Waals surface area contributed by atoms with Crippen molar-refractivity contribution >= 4 is 32.3 Å². The van der Waals surface area contributed by atoms with Crippen molar-refractivity contribution in [2.75, 3.05) is 0 Å². The minimum Gasteiger partial charge on any atom is -0.0642 e. The van der Waals surface area contributed by atoms with Crippen LogP contribution in [0.15, 0.2) is 97.1 Å². The quantitative estimate of drug-likeness (QED) is 0.184. The Morgan fingerprint density at radius 3 is 2.06 bits per heavy atom. The summed E-state index contributed by atoms with van der Waals surface area (Å²) in [6.07, 6.45) is 2.19. The lowest BCUT2D eigenvalue weighted by molar-refractivity contribution is 0.490. The molecule has 0 heteroatoms. The Labute approximate surface area is 206 Å². The molecule has 0 nitrogen and oxygen atoms in total. The Bertz CT molecular complexity index is 1800. The second kappa shape index (κ2) is 7.46. The molecule has 0 radical (unpaired) electrons. The molecular formula is C35H26. The highest BCUT2D eigenvalue weighted by molar-refractivity contribution is 6.23. The minimum absolute atomic E-state index is 0.0800. The maximum absolute atomic E-state index is 3.54. The molecule has 0 aliphatic heterocycles. The van der Waals surface area contributed by atoms with E-state index in [1.54, 1.807) is 0 Å². The van der Waals surface area contributed by atoms with Gasteiger partial charge in [0.15, 0.2) is 0 Å². The largest absolute Gasteiger partial charge is 0.0642 e. The molecule has 0 fully saturated rings. The van der Waals surface area contributed by atoms with E-state index in [0.29, 0.717) is 0 Å². The highest BCUT2D eigenvalue weighted by Gasteiger charge is 2.40. The molecule has 0 heterocycles. The average molecular weight is 447 g/mol. The van der Waals surface area contributed by atoms with Gasteiger partial charge in [-0.25, -0.2) is 0 Å². The third-order valence-corrected chi connectivity index (χ3v) is 8.35. The van der Waals surface area contributed by atoms with Gasteiger partial charge in [-0.3, -0.25) is 0 Å². The van der Waals surface area contributed by atoms with E-state index in [4.69, 9.17) is 0 Å². The van der Waals surface area contributed by atoms with Crippen LogP contribution in [-0.2, 0) is 5.41 Å². The van der Waals surface area contributed by atoms with E-state index < -0.39 is 0 Å². The number of hydrogen-bond acceptors (Lipinski definition) is 0. The van der Waals surface area contributed by atoms with Crippen molar-refractivity contribution in [3.05, 3.63) is 119 Å². The van der Waals surface area contributed by atoms with Crippen LogP contribution in [0.5, 0.6) is 0 Å². The maximum atomic E-state index is 3.54. The van der Waals surface area contributed by atoms with E-state index >= 15 is 0 Å². The molecule has 0 aromatic heterocycles. The Hall–Kier alpha value is -4.08. The fourth-order valence-corrected chi connectivity index (χ4v) is 6.53. The summed E-state index contributed by atoms with van der Waals surface area (Å²) < 4.78 is 0. The Balaban J connectivity index is 1.39. The minimum atomic E-state index is 0.0800. The zero-order valence-electron chi connectivity index (χ0n) is 20.2. The first kappa shape index (κ1) is 20.3. The summed E-state index contributed by atoms with van der Waals surface area (Å²) in [6.45, 7) is 4.64. The van der Waals surface area contributed by atoms with Gasteiger partial charge in [-0.15, -0.1) is 0 Å². The van der Waals surface area contributed by atoms with E-state index in [0.717, 1.165) is 24.0 Å². The average Bonchev–Trinajstić information content (AvgIpc) is 3.20. The molecule has 7 rings (SSSR count). The molecule has 0 N–H and O–H groups in total. The lowest BCUT2D eigenvalue weighted by Crippen LogP contribution is -2.23. The van der Waals surface area contributed by atoms with Crippen LogP contribution >= 0.6 is 0 Å². The molecule has 0 amide bonds. The molecule has 166 valence electrons. The molecule has 35 heavy (non-hydrogen) atoms. The third kappa shape index (κ3) is 2.76. The highest BCUT2D eigenvalue weighted by atomic mass is 14.4. The van der Waals surface area contributed by atoms with Crippen molar-refractivity contribution < 1.29 is 0 Å². The molecule has 1 aliphatic carbocycles. The molecular weight excluding hydrogens is 420 g/mol. The van der Waals surface area contributed by atoms with Crippen molar-refractivity contribution in [2.24, 2.45) is 0 Å². The van der Waals surface area contributed by atoms with Crippen molar-refractivity contribution in [2.45, 2.75) is 32.1 Å². The topological polar surface area (TPSA) is 0 Å². The highest BCUT2D eigenvalue weighted by Crippen LogP contribution is 2.52. The van der Waals surface area contributed by atoms with Gasteiger partial charge < -0.3 is 0 Å². The van der Waals surface area contributed by atoms with E-state index in [1.165, 1.54) is 54.6 Å². The van der Waals surface area contributed by atoms with Crippen LogP contribution in [-0.4, -0.2) is 0 Å². The van der Waals surface area contributed by atoms with Crippen LogP contribution in [0.25, 0.3) is 43.4 Å². The molecule has 6 aromatic rings. The molecule has 6 aromatic carbocycles. The van der Waals surface area contributed by atoms with Crippen LogP contribution in [0.4, 0.5) is 0 Å². The van der Waals surface area contributed by atoms with Crippen molar-refractivity contribution in [1.82, 2.24) is 0 Å². The molecule has 0 bridgehead atoms. The Morgan fingerprint density at radius 1 is 0.571 bits per heavy atom. The monoisotopic (exact) mass is 446 g/mol. The predicted molar refractivity (Wildman–Crippen MR) is 149 cm³/mol. The van der Waals surface area contributed by atoms with Crippen LogP contribution in [0.3, 0.4) is 0 Å². The molecule has 0 atom stereocenters. The van der Waals surface area contributed by atoms with E-state index in [-0.39, 0.29) is 5.41 Å². The standard InChI is InChI=1S/C35H26/c1-3-35(4-2)31-11-6-5-10-29(31)30-20-13-23(22-32(30)35)12-14-24-15-16-27-18-17-25-8-7-9-26-19-21-28(24)34(27)33(25)26/h5-11,13,15-22H,3-4H2,1-2H3. The number of rotatable bonds is 2. The van der Waals surface area contributed by atoms with Gasteiger partial charge in [-0.2, -0.15) is 0 Å². The van der Waals surface area contributed by atoms with Gasteiger partial charge in [0, 0.05) is 16.5 Å². The molecule has 0 spiro atoms. The maximum Gasteiger partial charge on any atom is 0.0328 e. The van der Waals surface area contributed by atoms with Gasteiger partial charge >= 0.3 is 0 Å². The number of benzene rings is 6. The van der Waals surface area contributed by atoms with Gasteiger partial charge in [-0.05, 0) is 85.6 Å². The first-order chi connectivity index (χ1) is 17.2. The van der Waals surface area contributed by atoms with Gasteiger partial charge in [0.05, 0.1) is 0 Å². The molecule has 1 aliphatic rings. The predicted octanol–water partition coefficient (Wildman–Crippen LogP) is 9.07. The molecule has 0 saturated heterocycles. The van der Waals surface area contributed by atoms with Gasteiger partial charge in [0.25, 0.3) is 0 Å². The zero-order valence-corrected chi connectivity index (χ0v) is 20.2. The fraction of sp³-hybridized carbons (Fsp3) is 0.143. The first-order valence-corrected chi connectivity index (χ1v) is 12.7. The summed E-state index contributed by atoms with van der Waals surface area (Å²) in [6, 6.07) is 35.6. The van der Waals surface area contributed by atoms with Crippen LogP contribution in [0, 0.1) is 11.8 Å². The van der Waals surface area contributed by atoms with E-state index in [1.807, 2.05) is 0 Å². The number of hydrogen-bond donors (Lipinski definition) is 0. The van der Waals surface area contributed by atoms with Crippen LogP contribution in [0.1, 0.15) is 48.9 Å². The second-order valence-corrected chi connectivity index (χ2v) is 9.81. The summed E-state index contributed by atoms with van der Waals surface area (Å²) >= 11 is 0. The molecule has 0 unspecified atom stereocenters. The summed E-state index contributed by atoms with van der Waals surface area (Å²) in [4.78, 5) is 0. The first-order valence-electron chi connectivity index (χ1n) is 12.7. The van der Waals surface area contributed by atoms with Gasteiger partial charge in [0.1, 0.15) is 0 Å². The zero-order chi connectivity index (χ0) is 23.6. The van der Waals surface area contributed by atoms with Crippen molar-refractivity contribution in [3.8, 4) is 23.0 Å². The van der Waals surface area contributed by atoms with Crippen LogP contribution in [0.2, 0.25) is 0 Å². The van der Waals surface area contributed by atoms with Crippen molar-refractivity contribution in [1.29, 1.82) is 0 Å². The summed E-state index contributed by atoms with van der Waals surface area (Å²) in [5, 5.41) is 7.77. The van der Waals surface area contributed by atoms with Gasteiger partial charge in [0.2, 0.25) is 0 Å². The van der Waals surface area contributed by atoms with E-state index in [9.17, 15) is 0 Å². The summed E-state index contributed by atoms with van der Waals surface area (Å²) in [7, 11) is 0. The number of fused-ring (bicyclic) bond motifs is 3. The fourth-order valence-electron chi connectivity index (χ4n) is 6.53. The van der Waals surface area contributed by atoms with Gasteiger partial charge in [-0.1, -0.05) is 105 Å². The smallest absolute Gasteiger partial charge is 0.0328 e. The Morgan fingerprint density at radius 2 is 1.26 bits per heavy atom. The van der Waals surface area contributed by atoms with Crippen LogP contribution < -0.4 is 0 Å². The second-order valence-electron chi connectivity index (χ2n) is 9.81. The molecule has 0 saturated carbocycles. The normalized spacial score (nSPS) is 13.7. The lowest BCUT2D eigenvalue weighted by atomic mass is 9.73. The third-order valence-electron chi connectivity index (χ3n) is 8.35.